The van der Waals surface area contributed by atoms with Gasteiger partial charge in [-0.05, 0) is 41.8 Å². The molecule has 2 atom stereocenters. The minimum Gasteiger partial charge on any atom is -0.492 e. The molecule has 3 N–H and O–H groups in total. The zero-order chi connectivity index (χ0) is 32.1. The van der Waals surface area contributed by atoms with Crippen LogP contribution < -0.4 is 14.8 Å². The highest BCUT2D eigenvalue weighted by molar-refractivity contribution is 7.88. The van der Waals surface area contributed by atoms with Crippen molar-refractivity contribution in [2.45, 2.75) is 25.3 Å². The highest BCUT2D eigenvalue weighted by Crippen LogP contribution is 2.35. The van der Waals surface area contributed by atoms with Gasteiger partial charge < -0.3 is 24.8 Å². The van der Waals surface area contributed by atoms with Crippen molar-refractivity contribution in [3.8, 4) is 5.75 Å². The van der Waals surface area contributed by atoms with E-state index in [1.54, 1.807) is 11.0 Å². The molecular formula is C30H40N4O9S. The first kappa shape index (κ1) is 34.5. The SMILES string of the molecule is COC(=O)c1cccc(CN2C[C@@H]3C(=O)NCCCN(C(=O)CCNS(C)(=O)=O)CCOc4cccc(c4)[C@H]3C2)c1.O=CO. The van der Waals surface area contributed by atoms with Crippen molar-refractivity contribution in [1.82, 2.24) is 19.8 Å². The number of esters is 1. The smallest absolute Gasteiger partial charge is 0.337 e. The van der Waals surface area contributed by atoms with Gasteiger partial charge in [0.1, 0.15) is 12.4 Å². The lowest BCUT2D eigenvalue weighted by Crippen LogP contribution is -2.40. The Bertz CT molecular complexity index is 1400. The minimum absolute atomic E-state index is 0.0281. The summed E-state index contributed by atoms with van der Waals surface area (Å²) in [5.41, 5.74) is 2.46. The quantitative estimate of drug-likeness (QED) is 0.296. The third-order valence-electron chi connectivity index (χ3n) is 7.36. The number of amides is 2. The van der Waals surface area contributed by atoms with Gasteiger partial charge in [-0.25, -0.2) is 17.9 Å². The standard InChI is InChI=1S/C29H38N4O7S.CH2O2/c1-39-29(36)23-8-3-6-21(16-23)18-32-19-25-22-7-4-9-24(17-22)40-15-14-33(27(34)10-12-31-41(2,37)38)13-5-11-30-28(35)26(25)20-32;2-1-3/h3-4,6-9,16-17,25-26,31H,5,10-15,18-20H2,1-2H3,(H,30,35);1H,(H,2,3)/t25-,26+;/m1./s1. The predicted molar refractivity (Wildman–Crippen MR) is 162 cm³/mol. The Morgan fingerprint density at radius 3 is 2.59 bits per heavy atom. The van der Waals surface area contributed by atoms with Gasteiger partial charge in [0.25, 0.3) is 6.47 Å². The number of nitrogens with zero attached hydrogens (tertiary/aromatic N) is 2. The number of hydrogen-bond donors (Lipinski definition) is 3. The van der Waals surface area contributed by atoms with Crippen molar-refractivity contribution in [3.05, 3.63) is 65.2 Å². The number of benzene rings is 2. The van der Waals surface area contributed by atoms with E-state index in [-0.39, 0.29) is 55.7 Å². The molecule has 1 fully saturated rings. The molecule has 1 saturated heterocycles. The van der Waals surface area contributed by atoms with E-state index in [0.717, 1.165) is 17.4 Å². The Kier molecular flexibility index (Phi) is 13.1. The average Bonchev–Trinajstić information content (AvgIpc) is 3.41. The number of sulfonamides is 1. The number of likely N-dealkylation sites (tertiary alicyclic amines) is 1. The molecule has 14 heteroatoms. The molecule has 240 valence electrons. The number of carboxylic acid groups (broad SMARTS) is 1. The van der Waals surface area contributed by atoms with Gasteiger partial charge >= 0.3 is 5.97 Å². The summed E-state index contributed by atoms with van der Waals surface area (Å²) < 4.78 is 35.9. The third kappa shape index (κ3) is 10.6. The summed E-state index contributed by atoms with van der Waals surface area (Å²) in [7, 11) is -2.02. The van der Waals surface area contributed by atoms with Crippen LogP contribution in [0.15, 0.2) is 48.5 Å². The van der Waals surface area contributed by atoms with E-state index < -0.39 is 10.0 Å². The first-order valence-electron chi connectivity index (χ1n) is 14.2. The molecule has 13 nitrogen and oxygen atoms in total. The van der Waals surface area contributed by atoms with Gasteiger partial charge in [-0.3, -0.25) is 19.3 Å². The molecule has 2 aliphatic heterocycles. The fourth-order valence-corrected chi connectivity index (χ4v) is 5.85. The molecule has 0 aliphatic carbocycles. The molecule has 0 spiro atoms. The molecule has 0 radical (unpaired) electrons. The number of nitrogens with one attached hydrogen (secondary N) is 2. The van der Waals surface area contributed by atoms with Crippen LogP contribution in [0, 0.1) is 5.92 Å². The minimum atomic E-state index is -3.38. The van der Waals surface area contributed by atoms with Crippen LogP contribution in [-0.2, 0) is 35.7 Å². The number of methoxy groups -OCH3 is 1. The number of fused-ring (bicyclic) bond motifs is 4. The topological polar surface area (TPSA) is 172 Å². The van der Waals surface area contributed by atoms with E-state index in [1.807, 2.05) is 42.5 Å². The van der Waals surface area contributed by atoms with Crippen LogP contribution in [0.3, 0.4) is 0 Å². The normalized spacial score (nSPS) is 19.2. The lowest BCUT2D eigenvalue weighted by Gasteiger charge is -2.25. The zero-order valence-electron chi connectivity index (χ0n) is 24.9. The monoisotopic (exact) mass is 632 g/mol. The lowest BCUT2D eigenvalue weighted by molar-refractivity contribution is -0.131. The molecule has 2 heterocycles. The molecule has 0 aromatic heterocycles. The average molecular weight is 633 g/mol. The van der Waals surface area contributed by atoms with Crippen molar-refractivity contribution >= 4 is 34.3 Å². The van der Waals surface area contributed by atoms with Crippen LogP contribution in [0.25, 0.3) is 0 Å². The van der Waals surface area contributed by atoms with Gasteiger partial charge in [-0.2, -0.15) is 0 Å². The highest BCUT2D eigenvalue weighted by atomic mass is 32.2. The molecule has 44 heavy (non-hydrogen) atoms. The summed E-state index contributed by atoms with van der Waals surface area (Å²) in [5.74, 6) is -0.265. The first-order valence-corrected chi connectivity index (χ1v) is 16.1. The molecule has 4 rings (SSSR count). The first-order chi connectivity index (χ1) is 21.0. The van der Waals surface area contributed by atoms with Crippen molar-refractivity contribution in [1.29, 1.82) is 0 Å². The van der Waals surface area contributed by atoms with E-state index >= 15 is 0 Å². The van der Waals surface area contributed by atoms with E-state index in [4.69, 9.17) is 19.4 Å². The summed E-state index contributed by atoms with van der Waals surface area (Å²) in [6, 6.07) is 15.1. The van der Waals surface area contributed by atoms with Crippen molar-refractivity contribution < 1.29 is 42.2 Å². The van der Waals surface area contributed by atoms with Gasteiger partial charge in [0.15, 0.2) is 0 Å². The fourth-order valence-electron chi connectivity index (χ4n) is 5.37. The second kappa shape index (κ2) is 16.7. The summed E-state index contributed by atoms with van der Waals surface area (Å²) in [5, 5.41) is 9.96. The third-order valence-corrected chi connectivity index (χ3v) is 8.09. The maximum Gasteiger partial charge on any atom is 0.337 e. The Labute approximate surface area is 257 Å². The van der Waals surface area contributed by atoms with Gasteiger partial charge in [-0.15, -0.1) is 0 Å². The number of carbonyl (C=O) groups is 4. The van der Waals surface area contributed by atoms with E-state index in [0.29, 0.717) is 57.0 Å². The molecule has 2 bridgehead atoms. The van der Waals surface area contributed by atoms with Crippen LogP contribution in [0.5, 0.6) is 5.75 Å². The Hall–Kier alpha value is -4.01. The summed E-state index contributed by atoms with van der Waals surface area (Å²) in [6.07, 6.45) is 1.65. The van der Waals surface area contributed by atoms with Gasteiger partial charge in [0, 0.05) is 51.6 Å². The van der Waals surface area contributed by atoms with E-state index in [9.17, 15) is 22.8 Å². The van der Waals surface area contributed by atoms with E-state index in [2.05, 4.69) is 14.9 Å². The van der Waals surface area contributed by atoms with Gasteiger partial charge in [0.05, 0.1) is 31.4 Å². The number of rotatable bonds is 7. The molecular weight excluding hydrogens is 592 g/mol. The molecule has 2 amide bonds. The molecule has 0 unspecified atom stereocenters. The highest BCUT2D eigenvalue weighted by Gasteiger charge is 2.38. The van der Waals surface area contributed by atoms with Gasteiger partial charge in [-0.1, -0.05) is 24.3 Å². The Morgan fingerprint density at radius 2 is 1.86 bits per heavy atom. The molecule has 2 aliphatic rings. The molecule has 0 saturated carbocycles. The fraction of sp³-hybridized carbons (Fsp3) is 0.467. The largest absolute Gasteiger partial charge is 0.492 e. The number of hydrogen-bond acceptors (Lipinski definition) is 9. The van der Waals surface area contributed by atoms with E-state index in [1.165, 1.54) is 7.11 Å². The maximum atomic E-state index is 13.4. The summed E-state index contributed by atoms with van der Waals surface area (Å²) in [6.45, 7) is 3.06. The number of carbonyl (C=O) groups excluding carboxylic acids is 3. The zero-order valence-corrected chi connectivity index (χ0v) is 25.8. The second-order valence-corrected chi connectivity index (χ2v) is 12.4. The molecule has 2 aromatic rings. The maximum absolute atomic E-state index is 13.4. The van der Waals surface area contributed by atoms with Crippen LogP contribution in [-0.4, -0.2) is 107 Å². The lowest BCUT2D eigenvalue weighted by atomic mass is 9.88. The summed E-state index contributed by atoms with van der Waals surface area (Å²) in [4.78, 5) is 50.4. The predicted octanol–water partition coefficient (Wildman–Crippen LogP) is 1.06. The van der Waals surface area contributed by atoms with Gasteiger partial charge in [0.2, 0.25) is 21.8 Å². The Balaban J connectivity index is 0.00000169. The van der Waals surface area contributed by atoms with Crippen molar-refractivity contribution in [2.75, 3.05) is 59.2 Å². The van der Waals surface area contributed by atoms with Crippen LogP contribution >= 0.6 is 0 Å². The van der Waals surface area contributed by atoms with Crippen LogP contribution in [0.4, 0.5) is 0 Å². The Morgan fingerprint density at radius 1 is 1.14 bits per heavy atom. The molecule has 2 aromatic carbocycles. The summed E-state index contributed by atoms with van der Waals surface area (Å²) >= 11 is 0. The van der Waals surface area contributed by atoms with Crippen molar-refractivity contribution in [3.63, 3.8) is 0 Å². The van der Waals surface area contributed by atoms with Crippen molar-refractivity contribution in [2.24, 2.45) is 5.92 Å². The second-order valence-electron chi connectivity index (χ2n) is 10.6. The van der Waals surface area contributed by atoms with Crippen LogP contribution in [0.1, 0.15) is 40.2 Å². The van der Waals surface area contributed by atoms with Crippen LogP contribution in [0.2, 0.25) is 0 Å². The number of ether oxygens (including phenoxy) is 2.